The van der Waals surface area contributed by atoms with E-state index >= 15 is 0 Å². The Balaban J connectivity index is 3.22. The quantitative estimate of drug-likeness (QED) is 0.638. The Hall–Kier alpha value is -1.11. The number of aryl methyl sites for hydroxylation is 1. The van der Waals surface area contributed by atoms with Gasteiger partial charge in [-0.3, -0.25) is 4.98 Å². The molecule has 0 aromatic carbocycles. The van der Waals surface area contributed by atoms with Crippen molar-refractivity contribution in [2.75, 3.05) is 0 Å². The minimum atomic E-state index is 1.03. The van der Waals surface area contributed by atoms with Crippen LogP contribution in [0.2, 0.25) is 0 Å². The number of rotatable bonds is 2. The summed E-state index contributed by atoms with van der Waals surface area (Å²) < 4.78 is 0. The van der Waals surface area contributed by atoms with Crippen LogP contribution in [0.5, 0.6) is 0 Å². The van der Waals surface area contributed by atoms with Crippen molar-refractivity contribution in [3.05, 3.63) is 28.4 Å². The Morgan fingerprint density at radius 1 is 1.50 bits per heavy atom. The lowest BCUT2D eigenvalue weighted by Crippen LogP contribution is -2.26. The Morgan fingerprint density at radius 2 is 2.25 bits per heavy atom. The molecule has 64 valence electrons. The van der Waals surface area contributed by atoms with Crippen LogP contribution in [0.25, 0.3) is 12.7 Å². The van der Waals surface area contributed by atoms with E-state index in [1.807, 2.05) is 12.4 Å². The van der Waals surface area contributed by atoms with Crippen molar-refractivity contribution in [1.29, 1.82) is 0 Å². The Bertz CT molecular complexity index is 352. The van der Waals surface area contributed by atoms with Gasteiger partial charge < -0.3 is 0 Å². The number of pyridine rings is 1. The van der Waals surface area contributed by atoms with E-state index < -0.39 is 0 Å². The molecule has 1 heterocycles. The first-order valence-corrected chi connectivity index (χ1v) is 4.35. The third-order valence-electron chi connectivity index (χ3n) is 1.91. The normalized spacial score (nSPS) is 12.0. The maximum Gasteiger partial charge on any atom is 0.0340 e. The molecule has 0 aliphatic rings. The molecule has 0 spiro atoms. The summed E-state index contributed by atoms with van der Waals surface area (Å²) in [6, 6.07) is 0. The summed E-state index contributed by atoms with van der Waals surface area (Å²) >= 11 is 0. The van der Waals surface area contributed by atoms with Crippen LogP contribution in [0.4, 0.5) is 0 Å². The summed E-state index contributed by atoms with van der Waals surface area (Å²) in [5, 5.41) is 2.29. The van der Waals surface area contributed by atoms with Crippen molar-refractivity contribution in [2.45, 2.75) is 26.7 Å². The van der Waals surface area contributed by atoms with E-state index in [-0.39, 0.29) is 0 Å². The highest BCUT2D eigenvalue weighted by Crippen LogP contribution is 1.87. The number of nitrogens with zero attached hydrogens (tertiary/aromatic N) is 1. The lowest BCUT2D eigenvalue weighted by atomic mass is 10.2. The fourth-order valence-electron chi connectivity index (χ4n) is 1.21. The molecule has 0 fully saturated rings. The highest BCUT2D eigenvalue weighted by Gasteiger charge is 1.88. The molecule has 0 unspecified atom stereocenters. The summed E-state index contributed by atoms with van der Waals surface area (Å²) in [5.74, 6) is 0. The average molecular weight is 161 g/mol. The van der Waals surface area contributed by atoms with Gasteiger partial charge >= 0.3 is 0 Å². The van der Waals surface area contributed by atoms with E-state index in [1.54, 1.807) is 0 Å². The fraction of sp³-hybridized carbons (Fsp3) is 0.364. The number of hydrogen-bond donors (Lipinski definition) is 0. The first kappa shape index (κ1) is 8.98. The molecule has 1 aromatic heterocycles. The fourth-order valence-corrected chi connectivity index (χ4v) is 1.21. The molecule has 1 nitrogen and oxygen atoms in total. The summed E-state index contributed by atoms with van der Waals surface area (Å²) in [6.07, 6.45) is 8.23. The van der Waals surface area contributed by atoms with Crippen LogP contribution in [0, 0.1) is 6.92 Å². The first-order chi connectivity index (χ1) is 5.75. The maximum absolute atomic E-state index is 4.07. The van der Waals surface area contributed by atoms with E-state index in [0.717, 1.165) is 11.6 Å². The zero-order valence-corrected chi connectivity index (χ0v) is 7.80. The molecule has 1 aromatic rings. The second-order valence-electron chi connectivity index (χ2n) is 3.02. The lowest BCUT2D eigenvalue weighted by Gasteiger charge is -1.94. The molecule has 0 amide bonds. The molecular formula is C11H15N. The Morgan fingerprint density at radius 3 is 2.83 bits per heavy atom. The van der Waals surface area contributed by atoms with Gasteiger partial charge in [-0.2, -0.15) is 0 Å². The van der Waals surface area contributed by atoms with Crippen LogP contribution in [0.15, 0.2) is 12.4 Å². The van der Waals surface area contributed by atoms with Gasteiger partial charge in [0.15, 0.2) is 0 Å². The largest absolute Gasteiger partial charge is 0.264 e. The van der Waals surface area contributed by atoms with Gasteiger partial charge in [-0.05, 0) is 29.3 Å². The van der Waals surface area contributed by atoms with Gasteiger partial charge in [0, 0.05) is 12.4 Å². The van der Waals surface area contributed by atoms with Crippen molar-refractivity contribution < 1.29 is 0 Å². The minimum absolute atomic E-state index is 1.03. The highest BCUT2D eigenvalue weighted by molar-refractivity contribution is 5.29. The van der Waals surface area contributed by atoms with Gasteiger partial charge in [-0.15, -0.1) is 0 Å². The topological polar surface area (TPSA) is 12.9 Å². The van der Waals surface area contributed by atoms with E-state index in [9.17, 15) is 0 Å². The third-order valence-corrected chi connectivity index (χ3v) is 1.91. The van der Waals surface area contributed by atoms with Crippen LogP contribution < -0.4 is 10.4 Å². The maximum atomic E-state index is 4.07. The van der Waals surface area contributed by atoms with Crippen LogP contribution in [0.1, 0.15) is 25.3 Å². The zero-order valence-electron chi connectivity index (χ0n) is 7.80. The summed E-state index contributed by atoms with van der Waals surface area (Å²) in [7, 11) is 0. The molecule has 1 rings (SSSR count). The third kappa shape index (κ3) is 1.94. The monoisotopic (exact) mass is 161 g/mol. The predicted octanol–water partition coefficient (Wildman–Crippen LogP) is 1.38. The molecule has 0 aliphatic heterocycles. The summed E-state index contributed by atoms with van der Waals surface area (Å²) in [6.45, 7) is 8.19. The standard InChI is InChI=1S/C11H15N/c1-4-5-6-11-9(2)7-12-8-10(11)3/h6-8H,2,4-5H2,1,3H3/b11-6+. The van der Waals surface area contributed by atoms with Crippen molar-refractivity contribution in [3.8, 4) is 0 Å². The second-order valence-corrected chi connectivity index (χ2v) is 3.02. The van der Waals surface area contributed by atoms with Crippen LogP contribution >= 0.6 is 0 Å². The van der Waals surface area contributed by atoms with Crippen LogP contribution in [0.3, 0.4) is 0 Å². The molecule has 0 saturated carbocycles. The summed E-state index contributed by atoms with van der Waals surface area (Å²) in [4.78, 5) is 4.07. The molecule has 1 heteroatoms. The molecule has 0 saturated heterocycles. The van der Waals surface area contributed by atoms with E-state index in [2.05, 4.69) is 31.5 Å². The van der Waals surface area contributed by atoms with E-state index in [4.69, 9.17) is 0 Å². The molecular weight excluding hydrogens is 146 g/mol. The van der Waals surface area contributed by atoms with Crippen molar-refractivity contribution in [3.63, 3.8) is 0 Å². The van der Waals surface area contributed by atoms with Gasteiger partial charge in [-0.1, -0.05) is 26.0 Å². The molecule has 12 heavy (non-hydrogen) atoms. The highest BCUT2D eigenvalue weighted by atomic mass is 14.6. The Labute approximate surface area is 73.5 Å². The molecule has 0 N–H and O–H groups in total. The van der Waals surface area contributed by atoms with Gasteiger partial charge in [-0.25, -0.2) is 0 Å². The lowest BCUT2D eigenvalue weighted by molar-refractivity contribution is 0.989. The average Bonchev–Trinajstić information content (AvgIpc) is 2.04. The van der Waals surface area contributed by atoms with Crippen LogP contribution in [-0.4, -0.2) is 4.98 Å². The summed E-state index contributed by atoms with van der Waals surface area (Å²) in [5.41, 5.74) is 1.22. The predicted molar refractivity (Wildman–Crippen MR) is 53.1 cm³/mol. The van der Waals surface area contributed by atoms with Gasteiger partial charge in [0.25, 0.3) is 0 Å². The SMILES string of the molecule is C=c1cncc(C)/c1=C/CCC. The molecule has 0 bridgehead atoms. The van der Waals surface area contributed by atoms with Gasteiger partial charge in [0.2, 0.25) is 0 Å². The van der Waals surface area contributed by atoms with Crippen LogP contribution in [-0.2, 0) is 0 Å². The minimum Gasteiger partial charge on any atom is -0.264 e. The van der Waals surface area contributed by atoms with E-state index in [1.165, 1.54) is 17.2 Å². The Kier molecular flexibility index (Phi) is 3.03. The van der Waals surface area contributed by atoms with Crippen molar-refractivity contribution in [1.82, 2.24) is 4.98 Å². The van der Waals surface area contributed by atoms with Gasteiger partial charge in [0.05, 0.1) is 0 Å². The number of aromatic nitrogens is 1. The van der Waals surface area contributed by atoms with E-state index in [0.29, 0.717) is 0 Å². The molecule has 0 atom stereocenters. The van der Waals surface area contributed by atoms with Crippen molar-refractivity contribution in [2.24, 2.45) is 0 Å². The molecule has 0 aliphatic carbocycles. The zero-order chi connectivity index (χ0) is 8.97. The smallest absolute Gasteiger partial charge is 0.0340 e. The molecule has 0 radical (unpaired) electrons. The van der Waals surface area contributed by atoms with Crippen molar-refractivity contribution >= 4 is 12.7 Å². The second kappa shape index (κ2) is 4.05. The number of unbranched alkanes of at least 4 members (excludes halogenated alkanes) is 1. The van der Waals surface area contributed by atoms with Gasteiger partial charge in [0.1, 0.15) is 0 Å². The first-order valence-electron chi connectivity index (χ1n) is 4.35. The number of hydrogen-bond acceptors (Lipinski definition) is 1.